The summed E-state index contributed by atoms with van der Waals surface area (Å²) >= 11 is 12.1. The van der Waals surface area contributed by atoms with E-state index >= 15 is 0 Å². The van der Waals surface area contributed by atoms with Gasteiger partial charge >= 0.3 is 5.97 Å². The highest BCUT2D eigenvalue weighted by atomic mass is 35.5. The molecule has 0 amide bonds. The van der Waals surface area contributed by atoms with Crippen LogP contribution in [0.3, 0.4) is 0 Å². The van der Waals surface area contributed by atoms with E-state index in [4.69, 9.17) is 23.2 Å². The molecule has 0 bridgehead atoms. The first-order valence-electron chi connectivity index (χ1n) is 4.99. The Kier molecular flexibility index (Phi) is 3.54. The number of methoxy groups -OCH3 is 1. The van der Waals surface area contributed by atoms with Gasteiger partial charge in [-0.25, -0.2) is 4.79 Å². The normalized spacial score (nSPS) is 10.4. The number of carbonyl (C=O) groups is 1. The second-order valence-electron chi connectivity index (χ2n) is 3.52. The van der Waals surface area contributed by atoms with Crippen LogP contribution in [0.25, 0.3) is 5.69 Å². The van der Waals surface area contributed by atoms with Gasteiger partial charge in [0.05, 0.1) is 28.4 Å². The number of hydrogen-bond donors (Lipinski definition) is 0. The molecular formula is C11H9Cl2N3O2. The summed E-state index contributed by atoms with van der Waals surface area (Å²) in [7, 11) is 1.27. The Balaban J connectivity index is 2.56. The molecule has 94 valence electrons. The minimum absolute atomic E-state index is 0.148. The second kappa shape index (κ2) is 4.96. The third-order valence-corrected chi connectivity index (χ3v) is 3.01. The quantitative estimate of drug-likeness (QED) is 0.796. The number of carbonyl (C=O) groups excluding carboxylic acids is 1. The zero-order chi connectivity index (χ0) is 13.3. The number of ether oxygens (including phenoxy) is 1. The Hall–Kier alpha value is -1.59. The van der Waals surface area contributed by atoms with Gasteiger partial charge in [-0.3, -0.25) is 4.57 Å². The fourth-order valence-electron chi connectivity index (χ4n) is 1.54. The summed E-state index contributed by atoms with van der Waals surface area (Å²) in [4.78, 5) is 11.5. The Bertz CT molecular complexity index is 587. The number of aryl methyl sites for hydroxylation is 1. The lowest BCUT2D eigenvalue weighted by Crippen LogP contribution is -2.05. The lowest BCUT2D eigenvalue weighted by atomic mass is 10.2. The van der Waals surface area contributed by atoms with Crippen molar-refractivity contribution >= 4 is 29.2 Å². The predicted octanol–water partition coefficient (Wildman–Crippen LogP) is 2.67. The van der Waals surface area contributed by atoms with E-state index in [1.54, 1.807) is 23.6 Å². The van der Waals surface area contributed by atoms with Crippen LogP contribution in [0.2, 0.25) is 10.0 Å². The first kappa shape index (κ1) is 12.9. The van der Waals surface area contributed by atoms with E-state index in [-0.39, 0.29) is 15.6 Å². The average molecular weight is 286 g/mol. The summed E-state index contributed by atoms with van der Waals surface area (Å²) in [5, 5.41) is 8.07. The van der Waals surface area contributed by atoms with Gasteiger partial charge in [0.1, 0.15) is 12.2 Å². The van der Waals surface area contributed by atoms with Crippen molar-refractivity contribution in [2.75, 3.05) is 7.11 Å². The molecule has 0 saturated heterocycles. The van der Waals surface area contributed by atoms with Gasteiger partial charge < -0.3 is 4.74 Å². The maximum absolute atomic E-state index is 11.5. The van der Waals surface area contributed by atoms with Crippen molar-refractivity contribution in [1.82, 2.24) is 14.8 Å². The minimum atomic E-state index is -0.572. The molecule has 0 fully saturated rings. The molecule has 18 heavy (non-hydrogen) atoms. The zero-order valence-electron chi connectivity index (χ0n) is 9.65. The van der Waals surface area contributed by atoms with Crippen LogP contribution in [0.15, 0.2) is 18.5 Å². The van der Waals surface area contributed by atoms with Crippen LogP contribution in [0.4, 0.5) is 0 Å². The molecule has 0 aliphatic carbocycles. The van der Waals surface area contributed by atoms with Gasteiger partial charge in [-0.2, -0.15) is 0 Å². The molecule has 5 nitrogen and oxygen atoms in total. The fraction of sp³-hybridized carbons (Fsp3) is 0.182. The first-order chi connectivity index (χ1) is 8.54. The number of aromatic nitrogens is 3. The van der Waals surface area contributed by atoms with E-state index in [9.17, 15) is 4.79 Å². The molecule has 0 spiro atoms. The van der Waals surface area contributed by atoms with Crippen LogP contribution in [0, 0.1) is 6.92 Å². The Morgan fingerprint density at radius 3 is 2.39 bits per heavy atom. The van der Waals surface area contributed by atoms with Crippen LogP contribution < -0.4 is 0 Å². The Morgan fingerprint density at radius 2 is 1.94 bits per heavy atom. The van der Waals surface area contributed by atoms with Gasteiger partial charge in [-0.05, 0) is 19.1 Å². The van der Waals surface area contributed by atoms with Crippen molar-refractivity contribution in [3.63, 3.8) is 0 Å². The lowest BCUT2D eigenvalue weighted by molar-refractivity contribution is 0.0601. The summed E-state index contributed by atoms with van der Waals surface area (Å²) in [6.45, 7) is 1.79. The summed E-state index contributed by atoms with van der Waals surface area (Å²) in [6.07, 6.45) is 1.54. The number of nitrogens with zero attached hydrogens (tertiary/aromatic N) is 3. The van der Waals surface area contributed by atoms with Crippen LogP contribution in [-0.2, 0) is 4.74 Å². The maximum Gasteiger partial charge on any atom is 0.340 e. The van der Waals surface area contributed by atoms with Crippen molar-refractivity contribution in [1.29, 1.82) is 0 Å². The molecule has 0 aliphatic rings. The maximum atomic E-state index is 11.5. The molecule has 7 heteroatoms. The van der Waals surface area contributed by atoms with E-state index in [2.05, 4.69) is 14.9 Å². The molecule has 0 N–H and O–H groups in total. The highest BCUT2D eigenvalue weighted by molar-refractivity contribution is 6.39. The molecular weight excluding hydrogens is 277 g/mol. The minimum Gasteiger partial charge on any atom is -0.465 e. The topological polar surface area (TPSA) is 57.0 Å². The van der Waals surface area contributed by atoms with Gasteiger partial charge in [-0.15, -0.1) is 10.2 Å². The van der Waals surface area contributed by atoms with Crippen molar-refractivity contribution < 1.29 is 9.53 Å². The number of benzene rings is 1. The van der Waals surface area contributed by atoms with Crippen molar-refractivity contribution in [2.45, 2.75) is 6.92 Å². The molecule has 0 atom stereocenters. The first-order valence-corrected chi connectivity index (χ1v) is 5.74. The molecule has 1 aromatic heterocycles. The molecule has 1 heterocycles. The van der Waals surface area contributed by atoms with E-state index in [1.165, 1.54) is 13.4 Å². The van der Waals surface area contributed by atoms with Crippen LogP contribution in [0.1, 0.15) is 16.2 Å². The van der Waals surface area contributed by atoms with Gasteiger partial charge in [0.15, 0.2) is 0 Å². The van der Waals surface area contributed by atoms with Gasteiger partial charge in [-0.1, -0.05) is 23.2 Å². The number of rotatable bonds is 2. The van der Waals surface area contributed by atoms with E-state index in [1.807, 2.05) is 0 Å². The molecule has 0 aliphatic heterocycles. The summed E-state index contributed by atoms with van der Waals surface area (Å²) in [5.41, 5.74) is 0.829. The van der Waals surface area contributed by atoms with Gasteiger partial charge in [0.25, 0.3) is 0 Å². The van der Waals surface area contributed by atoms with E-state index < -0.39 is 5.97 Å². The third kappa shape index (κ3) is 2.19. The van der Waals surface area contributed by atoms with Gasteiger partial charge in [0, 0.05) is 0 Å². The summed E-state index contributed by atoms with van der Waals surface area (Å²) < 4.78 is 6.32. The Labute approximate surface area is 113 Å². The summed E-state index contributed by atoms with van der Waals surface area (Å²) in [5.74, 6) is 0.116. The molecule has 1 aromatic carbocycles. The van der Waals surface area contributed by atoms with E-state index in [0.717, 1.165) is 0 Å². The molecule has 0 radical (unpaired) electrons. The SMILES string of the molecule is COC(=O)c1c(Cl)cc(-n2cnnc2C)cc1Cl. The predicted molar refractivity (Wildman–Crippen MR) is 67.5 cm³/mol. The zero-order valence-corrected chi connectivity index (χ0v) is 11.2. The monoisotopic (exact) mass is 285 g/mol. The molecule has 0 saturated carbocycles. The van der Waals surface area contributed by atoms with Crippen molar-refractivity contribution in [3.8, 4) is 5.69 Å². The van der Waals surface area contributed by atoms with Gasteiger partial charge in [0.2, 0.25) is 0 Å². The molecule has 2 aromatic rings. The Morgan fingerprint density at radius 1 is 1.33 bits per heavy atom. The number of hydrogen-bond acceptors (Lipinski definition) is 4. The van der Waals surface area contributed by atoms with Crippen molar-refractivity contribution in [3.05, 3.63) is 39.9 Å². The fourth-order valence-corrected chi connectivity index (χ4v) is 2.17. The highest BCUT2D eigenvalue weighted by Crippen LogP contribution is 2.29. The molecule has 2 rings (SSSR count). The standard InChI is InChI=1S/C11H9Cl2N3O2/c1-6-15-14-5-16(6)7-3-8(12)10(9(13)4-7)11(17)18-2/h3-5H,1-2H3. The number of esters is 1. The second-order valence-corrected chi connectivity index (χ2v) is 4.34. The number of halogens is 2. The van der Waals surface area contributed by atoms with Crippen LogP contribution in [0.5, 0.6) is 0 Å². The van der Waals surface area contributed by atoms with Crippen LogP contribution >= 0.6 is 23.2 Å². The molecule has 0 unspecified atom stereocenters. The largest absolute Gasteiger partial charge is 0.465 e. The third-order valence-electron chi connectivity index (χ3n) is 2.41. The van der Waals surface area contributed by atoms with Crippen LogP contribution in [-0.4, -0.2) is 27.8 Å². The highest BCUT2D eigenvalue weighted by Gasteiger charge is 2.17. The average Bonchev–Trinajstić information content (AvgIpc) is 2.74. The smallest absolute Gasteiger partial charge is 0.340 e. The van der Waals surface area contributed by atoms with Crippen molar-refractivity contribution in [2.24, 2.45) is 0 Å². The summed E-state index contributed by atoms with van der Waals surface area (Å²) in [6, 6.07) is 3.21. The van der Waals surface area contributed by atoms with E-state index in [0.29, 0.717) is 11.5 Å². The lowest BCUT2D eigenvalue weighted by Gasteiger charge is -2.09.